The summed E-state index contributed by atoms with van der Waals surface area (Å²) in [5, 5.41) is 13.8. The van der Waals surface area contributed by atoms with Crippen LogP contribution >= 0.6 is 0 Å². The topological polar surface area (TPSA) is 105 Å². The van der Waals surface area contributed by atoms with Crippen LogP contribution in [0, 0.1) is 15.9 Å². The molecule has 1 saturated heterocycles. The molecule has 9 nitrogen and oxygen atoms in total. The summed E-state index contributed by atoms with van der Waals surface area (Å²) in [6.45, 7) is 3.04. The van der Waals surface area contributed by atoms with E-state index in [0.717, 1.165) is 25.2 Å². The van der Waals surface area contributed by atoms with Crippen molar-refractivity contribution in [2.75, 3.05) is 43.4 Å². The highest BCUT2D eigenvalue weighted by Gasteiger charge is 2.22. The largest absolute Gasteiger partial charge is 0.423 e. The fourth-order valence-electron chi connectivity index (χ4n) is 3.73. The number of carbonyl (C=O) groups is 2. The maximum atomic E-state index is 13.7. The Hall–Kier alpha value is -4.31. The van der Waals surface area contributed by atoms with Gasteiger partial charge in [0.05, 0.1) is 21.9 Å². The Kier molecular flexibility index (Phi) is 7.02. The van der Waals surface area contributed by atoms with E-state index in [0.29, 0.717) is 30.2 Å². The molecular formula is C25H23FN4O5. The van der Waals surface area contributed by atoms with Crippen LogP contribution in [0.3, 0.4) is 0 Å². The summed E-state index contributed by atoms with van der Waals surface area (Å²) in [4.78, 5) is 40.2. The number of carbonyl (C=O) groups excluding carboxylic acids is 2. The van der Waals surface area contributed by atoms with E-state index < -0.39 is 28.3 Å². The highest BCUT2D eigenvalue weighted by Crippen LogP contribution is 2.30. The standard InChI is InChI=1S/C25H23FN4O5/c1-28-11-13-29(14-12-28)22-10-8-18(25(32)35-19-5-3-2-4-6-19)15-21(22)27-24(31)17-7-9-20(26)23(16-17)30(33)34/h2-10,15-16H,11-14H2,1H3,(H,27,31). The number of likely N-dealkylation sites (N-methyl/N-ethyl adjacent to an activating group) is 1. The number of para-hydroxylation sites is 1. The molecule has 1 amide bonds. The van der Waals surface area contributed by atoms with Crippen LogP contribution in [0.15, 0.2) is 66.7 Å². The van der Waals surface area contributed by atoms with Gasteiger partial charge in [0.15, 0.2) is 0 Å². The lowest BCUT2D eigenvalue weighted by Gasteiger charge is -2.35. The monoisotopic (exact) mass is 478 g/mol. The molecule has 0 spiro atoms. The fraction of sp³-hybridized carbons (Fsp3) is 0.200. The third-order valence-electron chi connectivity index (χ3n) is 5.68. The van der Waals surface area contributed by atoms with Crippen molar-refractivity contribution in [3.05, 3.63) is 93.8 Å². The highest BCUT2D eigenvalue weighted by atomic mass is 19.1. The molecule has 0 bridgehead atoms. The van der Waals surface area contributed by atoms with Crippen molar-refractivity contribution in [2.24, 2.45) is 0 Å². The van der Waals surface area contributed by atoms with Gasteiger partial charge in [-0.2, -0.15) is 4.39 Å². The van der Waals surface area contributed by atoms with Crippen LogP contribution in [-0.4, -0.2) is 54.9 Å². The first-order valence-electron chi connectivity index (χ1n) is 10.9. The van der Waals surface area contributed by atoms with Crippen molar-refractivity contribution in [1.29, 1.82) is 0 Å². The van der Waals surface area contributed by atoms with Gasteiger partial charge in [-0.3, -0.25) is 14.9 Å². The first kappa shape index (κ1) is 23.8. The van der Waals surface area contributed by atoms with Crippen LogP contribution in [0.4, 0.5) is 21.5 Å². The molecule has 0 unspecified atom stereocenters. The SMILES string of the molecule is CN1CCN(c2ccc(C(=O)Oc3ccccc3)cc2NC(=O)c2ccc(F)c([N+](=O)[O-])c2)CC1. The second-order valence-corrected chi connectivity index (χ2v) is 8.10. The number of ether oxygens (including phenoxy) is 1. The molecule has 1 heterocycles. The van der Waals surface area contributed by atoms with Crippen LogP contribution in [-0.2, 0) is 0 Å². The smallest absolute Gasteiger partial charge is 0.343 e. The summed E-state index contributed by atoms with van der Waals surface area (Å²) in [5.41, 5.74) is 0.373. The summed E-state index contributed by atoms with van der Waals surface area (Å²) in [5.74, 6) is -1.92. The number of esters is 1. The molecule has 180 valence electrons. The zero-order chi connectivity index (χ0) is 24.9. The number of anilines is 2. The summed E-state index contributed by atoms with van der Waals surface area (Å²) in [6, 6.07) is 16.4. The molecule has 0 aromatic heterocycles. The van der Waals surface area contributed by atoms with Gasteiger partial charge in [-0.25, -0.2) is 4.79 Å². The van der Waals surface area contributed by atoms with Gasteiger partial charge in [0, 0.05) is 37.8 Å². The minimum atomic E-state index is -1.03. The number of benzene rings is 3. The van der Waals surface area contributed by atoms with Gasteiger partial charge in [0.2, 0.25) is 5.82 Å². The number of piperazine rings is 1. The Morgan fingerprint density at radius 1 is 0.971 bits per heavy atom. The number of rotatable bonds is 6. The van der Waals surface area contributed by atoms with E-state index in [9.17, 15) is 24.1 Å². The second-order valence-electron chi connectivity index (χ2n) is 8.10. The van der Waals surface area contributed by atoms with E-state index in [1.807, 2.05) is 7.05 Å². The molecule has 3 aromatic rings. The van der Waals surface area contributed by atoms with Crippen LogP contribution in [0.2, 0.25) is 0 Å². The molecule has 4 rings (SSSR count). The average Bonchev–Trinajstić information content (AvgIpc) is 2.85. The molecule has 10 heteroatoms. The summed E-state index contributed by atoms with van der Waals surface area (Å²) in [7, 11) is 2.02. The molecule has 1 N–H and O–H groups in total. The van der Waals surface area contributed by atoms with Gasteiger partial charge in [-0.1, -0.05) is 18.2 Å². The van der Waals surface area contributed by atoms with Gasteiger partial charge < -0.3 is 19.9 Å². The third-order valence-corrected chi connectivity index (χ3v) is 5.68. The lowest BCUT2D eigenvalue weighted by molar-refractivity contribution is -0.387. The second kappa shape index (κ2) is 10.3. The predicted octanol–water partition coefficient (Wildman–Crippen LogP) is 3.96. The van der Waals surface area contributed by atoms with E-state index in [4.69, 9.17) is 4.74 Å². The average molecular weight is 478 g/mol. The molecule has 0 saturated carbocycles. The first-order chi connectivity index (χ1) is 16.8. The summed E-state index contributed by atoms with van der Waals surface area (Å²) < 4.78 is 19.1. The Balaban J connectivity index is 1.64. The van der Waals surface area contributed by atoms with Crippen molar-refractivity contribution >= 4 is 28.9 Å². The lowest BCUT2D eigenvalue weighted by Crippen LogP contribution is -2.44. The quantitative estimate of drug-likeness (QED) is 0.247. The van der Waals surface area contributed by atoms with Crippen molar-refractivity contribution < 1.29 is 23.6 Å². The van der Waals surface area contributed by atoms with Crippen molar-refractivity contribution in [1.82, 2.24) is 4.90 Å². The molecular weight excluding hydrogens is 455 g/mol. The number of amides is 1. The zero-order valence-electron chi connectivity index (χ0n) is 18.9. The number of hydrogen-bond acceptors (Lipinski definition) is 7. The summed E-state index contributed by atoms with van der Waals surface area (Å²) in [6.07, 6.45) is 0. The van der Waals surface area contributed by atoms with E-state index in [1.165, 1.54) is 12.1 Å². The number of nitrogens with one attached hydrogen (secondary N) is 1. The summed E-state index contributed by atoms with van der Waals surface area (Å²) >= 11 is 0. The minimum absolute atomic E-state index is 0.0836. The van der Waals surface area contributed by atoms with Crippen molar-refractivity contribution in [2.45, 2.75) is 0 Å². The van der Waals surface area contributed by atoms with Gasteiger partial charge in [-0.05, 0) is 49.5 Å². The third kappa shape index (κ3) is 5.61. The maximum absolute atomic E-state index is 13.7. The van der Waals surface area contributed by atoms with Gasteiger partial charge in [0.25, 0.3) is 5.91 Å². The molecule has 1 aliphatic rings. The van der Waals surface area contributed by atoms with Crippen LogP contribution < -0.4 is 15.0 Å². The van der Waals surface area contributed by atoms with Gasteiger partial charge in [-0.15, -0.1) is 0 Å². The Labute approximate surface area is 200 Å². The van der Waals surface area contributed by atoms with Crippen molar-refractivity contribution in [3.63, 3.8) is 0 Å². The molecule has 35 heavy (non-hydrogen) atoms. The Morgan fingerprint density at radius 2 is 1.66 bits per heavy atom. The fourth-order valence-corrected chi connectivity index (χ4v) is 3.73. The molecule has 1 fully saturated rings. The number of nitro groups is 1. The van der Waals surface area contributed by atoms with E-state index >= 15 is 0 Å². The molecule has 0 radical (unpaired) electrons. The number of halogens is 1. The molecule has 1 aliphatic heterocycles. The normalized spacial score (nSPS) is 13.8. The highest BCUT2D eigenvalue weighted by molar-refractivity contribution is 6.07. The van der Waals surface area contributed by atoms with E-state index in [2.05, 4.69) is 15.1 Å². The van der Waals surface area contributed by atoms with Crippen LogP contribution in [0.1, 0.15) is 20.7 Å². The minimum Gasteiger partial charge on any atom is -0.423 e. The predicted molar refractivity (Wildman–Crippen MR) is 129 cm³/mol. The lowest BCUT2D eigenvalue weighted by atomic mass is 10.1. The van der Waals surface area contributed by atoms with Crippen LogP contribution in [0.5, 0.6) is 5.75 Å². The Bertz CT molecular complexity index is 1260. The molecule has 3 aromatic carbocycles. The van der Waals surface area contributed by atoms with Crippen molar-refractivity contribution in [3.8, 4) is 5.75 Å². The number of hydrogen-bond donors (Lipinski definition) is 1. The van der Waals surface area contributed by atoms with E-state index in [-0.39, 0.29) is 11.1 Å². The number of nitro benzene ring substituents is 1. The molecule has 0 atom stereocenters. The number of nitrogens with zero attached hydrogens (tertiary/aromatic N) is 3. The van der Waals surface area contributed by atoms with Crippen LogP contribution in [0.25, 0.3) is 0 Å². The molecule has 0 aliphatic carbocycles. The van der Waals surface area contributed by atoms with E-state index in [1.54, 1.807) is 42.5 Å². The van der Waals surface area contributed by atoms with Gasteiger partial charge >= 0.3 is 11.7 Å². The zero-order valence-corrected chi connectivity index (χ0v) is 18.9. The first-order valence-corrected chi connectivity index (χ1v) is 10.9. The Morgan fingerprint density at radius 3 is 2.34 bits per heavy atom. The maximum Gasteiger partial charge on any atom is 0.343 e. The van der Waals surface area contributed by atoms with Gasteiger partial charge in [0.1, 0.15) is 5.75 Å².